The van der Waals surface area contributed by atoms with Crippen molar-refractivity contribution in [2.45, 2.75) is 19.0 Å². The summed E-state index contributed by atoms with van der Waals surface area (Å²) in [6.07, 6.45) is -4.44. The first kappa shape index (κ1) is 14.8. The summed E-state index contributed by atoms with van der Waals surface area (Å²) in [5.41, 5.74) is -3.49. The number of nitrogens with zero attached hydrogens (tertiary/aromatic N) is 1. The number of hydrogen-bond acceptors (Lipinski definition) is 3. The first-order valence-electron chi connectivity index (χ1n) is 5.87. The van der Waals surface area contributed by atoms with E-state index in [1.165, 1.54) is 6.07 Å². The summed E-state index contributed by atoms with van der Waals surface area (Å²) < 4.78 is 38.3. The quantitative estimate of drug-likeness (QED) is 0.838. The number of halogens is 3. The number of carboxylic acids is 1. The van der Waals surface area contributed by atoms with Crippen LogP contribution in [0.5, 0.6) is 0 Å². The second-order valence-corrected chi connectivity index (χ2v) is 4.71. The Kier molecular flexibility index (Phi) is 3.37. The van der Waals surface area contributed by atoms with Gasteiger partial charge in [-0.25, -0.2) is 0 Å². The average Bonchev–Trinajstić information content (AvgIpc) is 3.19. The number of amides is 1. The molecule has 21 heavy (non-hydrogen) atoms. The fourth-order valence-corrected chi connectivity index (χ4v) is 1.87. The number of carbonyl (C=O) groups excluding carboxylic acids is 1. The zero-order chi connectivity index (χ0) is 15.8. The fraction of sp³-hybridized carbons (Fsp3) is 0.308. The summed E-state index contributed by atoms with van der Waals surface area (Å²) in [5.74, 6) is -2.16. The average molecular weight is 298 g/mol. The van der Waals surface area contributed by atoms with E-state index in [2.05, 4.69) is 5.32 Å². The van der Waals surface area contributed by atoms with E-state index in [1.54, 1.807) is 0 Å². The van der Waals surface area contributed by atoms with Crippen molar-refractivity contribution in [3.8, 4) is 6.07 Å². The largest absolute Gasteiger partial charge is 0.480 e. The lowest BCUT2D eigenvalue weighted by molar-refractivity contribution is -0.147. The van der Waals surface area contributed by atoms with E-state index < -0.39 is 34.6 Å². The molecule has 1 aromatic carbocycles. The van der Waals surface area contributed by atoms with Gasteiger partial charge in [-0.05, 0) is 31.0 Å². The minimum absolute atomic E-state index is 0.149. The number of benzene rings is 1. The van der Waals surface area contributed by atoms with Gasteiger partial charge in [0.25, 0.3) is 0 Å². The van der Waals surface area contributed by atoms with Crippen LogP contribution in [0.3, 0.4) is 0 Å². The van der Waals surface area contributed by atoms with Crippen molar-refractivity contribution in [3.05, 3.63) is 29.3 Å². The monoisotopic (exact) mass is 298 g/mol. The zero-order valence-corrected chi connectivity index (χ0v) is 10.5. The van der Waals surface area contributed by atoms with Crippen LogP contribution in [0.2, 0.25) is 0 Å². The van der Waals surface area contributed by atoms with Crippen LogP contribution >= 0.6 is 0 Å². The summed E-state index contributed by atoms with van der Waals surface area (Å²) in [6, 6.07) is 4.09. The standard InChI is InChI=1S/C13H9F3N2O3/c14-13(15,16)9-5-8(2-1-7(9)6-17)18-10(19)12(3-4-12)11(20)21/h1-2,5H,3-4H2,(H,18,19)(H,20,21). The minimum Gasteiger partial charge on any atom is -0.480 e. The Hall–Kier alpha value is -2.56. The van der Waals surface area contributed by atoms with Gasteiger partial charge in [0.2, 0.25) is 5.91 Å². The van der Waals surface area contributed by atoms with Crippen LogP contribution in [0.25, 0.3) is 0 Å². The van der Waals surface area contributed by atoms with Crippen molar-refractivity contribution in [3.63, 3.8) is 0 Å². The van der Waals surface area contributed by atoms with Crippen LogP contribution in [0, 0.1) is 16.7 Å². The van der Waals surface area contributed by atoms with E-state index in [0.717, 1.165) is 12.1 Å². The third-order valence-corrected chi connectivity index (χ3v) is 3.30. The Labute approximate surface area is 117 Å². The van der Waals surface area contributed by atoms with Gasteiger partial charge in [0.05, 0.1) is 17.2 Å². The first-order valence-corrected chi connectivity index (χ1v) is 5.87. The molecule has 0 saturated heterocycles. The number of alkyl halides is 3. The second-order valence-electron chi connectivity index (χ2n) is 4.71. The van der Waals surface area contributed by atoms with Gasteiger partial charge in [-0.3, -0.25) is 9.59 Å². The van der Waals surface area contributed by atoms with Gasteiger partial charge in [0.1, 0.15) is 5.41 Å². The number of anilines is 1. The number of hydrogen-bond donors (Lipinski definition) is 2. The lowest BCUT2D eigenvalue weighted by Gasteiger charge is -2.14. The van der Waals surface area contributed by atoms with E-state index >= 15 is 0 Å². The topological polar surface area (TPSA) is 90.2 Å². The van der Waals surface area contributed by atoms with Gasteiger partial charge in [-0.2, -0.15) is 18.4 Å². The molecule has 0 aromatic heterocycles. The molecule has 0 radical (unpaired) electrons. The Balaban J connectivity index is 2.29. The van der Waals surface area contributed by atoms with Crippen molar-refractivity contribution in [2.75, 3.05) is 5.32 Å². The molecule has 8 heteroatoms. The van der Waals surface area contributed by atoms with Crippen molar-refractivity contribution in [2.24, 2.45) is 5.41 Å². The summed E-state index contributed by atoms with van der Waals surface area (Å²) in [5, 5.41) is 19.7. The summed E-state index contributed by atoms with van der Waals surface area (Å²) in [4.78, 5) is 22.8. The molecule has 0 spiro atoms. The van der Waals surface area contributed by atoms with Crippen LogP contribution in [0.15, 0.2) is 18.2 Å². The molecule has 5 nitrogen and oxygen atoms in total. The molecule has 1 amide bonds. The third kappa shape index (κ3) is 2.67. The van der Waals surface area contributed by atoms with E-state index in [-0.39, 0.29) is 18.5 Å². The molecule has 110 valence electrons. The molecule has 0 bridgehead atoms. The lowest BCUT2D eigenvalue weighted by atomic mass is 10.0. The van der Waals surface area contributed by atoms with Crippen molar-refractivity contribution < 1.29 is 27.9 Å². The van der Waals surface area contributed by atoms with E-state index in [4.69, 9.17) is 10.4 Å². The number of carbonyl (C=O) groups is 2. The smallest absolute Gasteiger partial charge is 0.417 e. The molecular weight excluding hydrogens is 289 g/mol. The molecule has 0 aliphatic heterocycles. The van der Waals surface area contributed by atoms with E-state index in [0.29, 0.717) is 6.07 Å². The highest BCUT2D eigenvalue weighted by Crippen LogP contribution is 2.47. The molecule has 0 unspecified atom stereocenters. The van der Waals surface area contributed by atoms with Crippen LogP contribution in [0.1, 0.15) is 24.0 Å². The maximum absolute atomic E-state index is 12.8. The number of nitriles is 1. The predicted octanol–water partition coefficient (Wildman–Crippen LogP) is 2.38. The van der Waals surface area contributed by atoms with Gasteiger partial charge in [-0.15, -0.1) is 0 Å². The summed E-state index contributed by atoms with van der Waals surface area (Å²) in [7, 11) is 0. The maximum Gasteiger partial charge on any atom is 0.417 e. The molecule has 2 rings (SSSR count). The van der Waals surface area contributed by atoms with Crippen LogP contribution in [-0.4, -0.2) is 17.0 Å². The molecule has 2 N–H and O–H groups in total. The summed E-state index contributed by atoms with van der Waals surface area (Å²) in [6.45, 7) is 0. The normalized spacial score (nSPS) is 15.9. The molecular formula is C13H9F3N2O3. The molecule has 1 aliphatic carbocycles. The lowest BCUT2D eigenvalue weighted by Crippen LogP contribution is -2.31. The van der Waals surface area contributed by atoms with Crippen LogP contribution in [-0.2, 0) is 15.8 Å². The molecule has 1 aliphatic rings. The van der Waals surface area contributed by atoms with Gasteiger partial charge in [0, 0.05) is 5.69 Å². The molecule has 0 atom stereocenters. The summed E-state index contributed by atoms with van der Waals surface area (Å²) >= 11 is 0. The fourth-order valence-electron chi connectivity index (χ4n) is 1.87. The Morgan fingerprint density at radius 3 is 2.38 bits per heavy atom. The van der Waals surface area contributed by atoms with Crippen molar-refractivity contribution in [1.82, 2.24) is 0 Å². The maximum atomic E-state index is 12.8. The molecule has 1 aromatic rings. The second kappa shape index (κ2) is 4.77. The van der Waals surface area contributed by atoms with Gasteiger partial charge >= 0.3 is 12.1 Å². The van der Waals surface area contributed by atoms with Gasteiger partial charge in [-0.1, -0.05) is 0 Å². The van der Waals surface area contributed by atoms with Gasteiger partial charge < -0.3 is 10.4 Å². The third-order valence-electron chi connectivity index (χ3n) is 3.30. The highest BCUT2D eigenvalue weighted by atomic mass is 19.4. The number of nitrogens with one attached hydrogen (secondary N) is 1. The van der Waals surface area contributed by atoms with E-state index in [9.17, 15) is 22.8 Å². The van der Waals surface area contributed by atoms with Crippen molar-refractivity contribution in [1.29, 1.82) is 5.26 Å². The number of rotatable bonds is 3. The van der Waals surface area contributed by atoms with Crippen LogP contribution in [0.4, 0.5) is 18.9 Å². The first-order chi connectivity index (χ1) is 9.70. The molecule has 1 fully saturated rings. The SMILES string of the molecule is N#Cc1ccc(NC(=O)C2(C(=O)O)CC2)cc1C(F)(F)F. The van der Waals surface area contributed by atoms with Gasteiger partial charge in [0.15, 0.2) is 0 Å². The highest BCUT2D eigenvalue weighted by Gasteiger charge is 2.57. The zero-order valence-electron chi connectivity index (χ0n) is 10.5. The highest BCUT2D eigenvalue weighted by molar-refractivity contribution is 6.10. The minimum atomic E-state index is -4.74. The Bertz CT molecular complexity index is 658. The van der Waals surface area contributed by atoms with Crippen LogP contribution < -0.4 is 5.32 Å². The molecule has 0 heterocycles. The Morgan fingerprint density at radius 1 is 1.33 bits per heavy atom. The predicted molar refractivity (Wildman–Crippen MR) is 64.1 cm³/mol. The molecule has 1 saturated carbocycles. The van der Waals surface area contributed by atoms with E-state index in [1.807, 2.05) is 0 Å². The number of carboxylic acid groups (broad SMARTS) is 1. The number of aliphatic carboxylic acids is 1. The van der Waals surface area contributed by atoms with Crippen molar-refractivity contribution >= 4 is 17.6 Å². The Morgan fingerprint density at radius 2 is 1.95 bits per heavy atom.